The van der Waals surface area contributed by atoms with Crippen LogP contribution >= 0.6 is 23.1 Å². The summed E-state index contributed by atoms with van der Waals surface area (Å²) in [5, 5.41) is 4.63. The number of nitrogen functional groups attached to an aromatic ring is 1. The lowest BCUT2D eigenvalue weighted by molar-refractivity contribution is 1.07. The molecule has 2 rings (SSSR count). The van der Waals surface area contributed by atoms with Crippen molar-refractivity contribution < 1.29 is 0 Å². The van der Waals surface area contributed by atoms with Crippen molar-refractivity contribution in [1.29, 1.82) is 0 Å². The zero-order valence-electron chi connectivity index (χ0n) is 8.02. The van der Waals surface area contributed by atoms with E-state index in [-0.39, 0.29) is 0 Å². The maximum Gasteiger partial charge on any atom is 0.222 e. The van der Waals surface area contributed by atoms with Gasteiger partial charge in [0.15, 0.2) is 0 Å². The molecule has 0 aliphatic heterocycles. The fourth-order valence-corrected chi connectivity index (χ4v) is 2.88. The summed E-state index contributed by atoms with van der Waals surface area (Å²) >= 11 is 3.32. The van der Waals surface area contributed by atoms with Crippen LogP contribution in [0.5, 0.6) is 0 Å². The molecule has 2 aromatic rings. The molecule has 0 bridgehead atoms. The van der Waals surface area contributed by atoms with Gasteiger partial charge in [-0.1, -0.05) is 13.8 Å². The van der Waals surface area contributed by atoms with Crippen LogP contribution in [0.3, 0.4) is 0 Å². The topological polar surface area (TPSA) is 51.8 Å². The molecule has 0 aliphatic rings. The molecular formula is C9H11N3S2. The lowest BCUT2D eigenvalue weighted by Crippen LogP contribution is -1.97. The number of thioether (sulfide) groups is 1. The lowest BCUT2D eigenvalue weighted by Gasteiger charge is -2.05. The summed E-state index contributed by atoms with van der Waals surface area (Å²) in [5.74, 6) is 0.364. The first-order valence-electron chi connectivity index (χ1n) is 4.34. The zero-order chi connectivity index (χ0) is 10.1. The van der Waals surface area contributed by atoms with Gasteiger partial charge in [-0.15, -0.1) is 23.1 Å². The van der Waals surface area contributed by atoms with Crippen LogP contribution in [0.4, 0.5) is 5.95 Å². The van der Waals surface area contributed by atoms with E-state index in [0.717, 1.165) is 15.2 Å². The molecule has 0 unspecified atom stereocenters. The third-order valence-corrected chi connectivity index (χ3v) is 3.47. The Hall–Kier alpha value is -0.810. The van der Waals surface area contributed by atoms with E-state index in [1.54, 1.807) is 23.1 Å². The molecule has 0 saturated heterocycles. The summed E-state index contributed by atoms with van der Waals surface area (Å²) < 4.78 is 0. The number of nitrogens with zero attached hydrogens (tertiary/aromatic N) is 2. The second-order valence-electron chi connectivity index (χ2n) is 3.19. The summed E-state index contributed by atoms with van der Waals surface area (Å²) in [7, 11) is 0. The number of thiophene rings is 1. The Morgan fingerprint density at radius 2 is 2.21 bits per heavy atom. The Balaban J connectivity index is 2.55. The number of fused-ring (bicyclic) bond motifs is 1. The number of nitrogens with two attached hydrogens (primary N) is 1. The summed E-state index contributed by atoms with van der Waals surface area (Å²) in [6.45, 7) is 4.28. The highest BCUT2D eigenvalue weighted by Gasteiger charge is 2.09. The molecule has 2 N–H and O–H groups in total. The summed E-state index contributed by atoms with van der Waals surface area (Å²) in [5.41, 5.74) is 5.63. The van der Waals surface area contributed by atoms with Gasteiger partial charge in [-0.3, -0.25) is 0 Å². The molecule has 2 aromatic heterocycles. The lowest BCUT2D eigenvalue weighted by atomic mass is 10.4. The molecular weight excluding hydrogens is 214 g/mol. The molecule has 0 saturated carbocycles. The van der Waals surface area contributed by atoms with Gasteiger partial charge in [-0.05, 0) is 11.4 Å². The standard InChI is InChI=1S/C9H11N3S2/c1-5(2)14-8-6-3-4-13-7(6)11-9(10)12-8/h3-5H,1-2H3,(H2,10,11,12). The quantitative estimate of drug-likeness (QED) is 0.630. The minimum Gasteiger partial charge on any atom is -0.368 e. The third kappa shape index (κ3) is 1.83. The first-order valence-corrected chi connectivity index (χ1v) is 6.10. The van der Waals surface area contributed by atoms with E-state index in [2.05, 4.69) is 23.8 Å². The van der Waals surface area contributed by atoms with Crippen molar-refractivity contribution in [2.75, 3.05) is 5.73 Å². The highest BCUT2D eigenvalue weighted by molar-refractivity contribution is 8.00. The van der Waals surface area contributed by atoms with Gasteiger partial charge >= 0.3 is 0 Å². The summed E-state index contributed by atoms with van der Waals surface area (Å²) in [4.78, 5) is 9.40. The zero-order valence-corrected chi connectivity index (χ0v) is 9.65. The Morgan fingerprint density at radius 3 is 2.93 bits per heavy atom. The molecule has 0 radical (unpaired) electrons. The second-order valence-corrected chi connectivity index (χ2v) is 5.65. The van der Waals surface area contributed by atoms with Crippen LogP contribution in [0.15, 0.2) is 16.5 Å². The predicted octanol–water partition coefficient (Wildman–Crippen LogP) is 2.77. The summed E-state index contributed by atoms with van der Waals surface area (Å²) in [6, 6.07) is 2.05. The van der Waals surface area contributed by atoms with E-state index in [1.165, 1.54) is 0 Å². The van der Waals surface area contributed by atoms with Crippen molar-refractivity contribution in [3.63, 3.8) is 0 Å². The number of aromatic nitrogens is 2. The average Bonchev–Trinajstić information content (AvgIpc) is 2.50. The Morgan fingerprint density at radius 1 is 1.43 bits per heavy atom. The van der Waals surface area contributed by atoms with Crippen molar-refractivity contribution in [2.24, 2.45) is 0 Å². The van der Waals surface area contributed by atoms with Crippen LogP contribution in [0.1, 0.15) is 13.8 Å². The maximum atomic E-state index is 5.63. The third-order valence-electron chi connectivity index (χ3n) is 1.65. The van der Waals surface area contributed by atoms with Crippen LogP contribution in [0.2, 0.25) is 0 Å². The van der Waals surface area contributed by atoms with Crippen LogP contribution in [0.25, 0.3) is 10.2 Å². The Bertz CT molecular complexity index is 450. The maximum absolute atomic E-state index is 5.63. The first kappa shape index (κ1) is 9.73. The fourth-order valence-electron chi connectivity index (χ4n) is 1.16. The molecule has 3 nitrogen and oxygen atoms in total. The van der Waals surface area contributed by atoms with Gasteiger partial charge in [0.05, 0.1) is 0 Å². The van der Waals surface area contributed by atoms with Gasteiger partial charge in [0.2, 0.25) is 5.95 Å². The van der Waals surface area contributed by atoms with Gasteiger partial charge in [0, 0.05) is 10.6 Å². The van der Waals surface area contributed by atoms with E-state index in [1.807, 2.05) is 11.4 Å². The van der Waals surface area contributed by atoms with Crippen LogP contribution in [0, 0.1) is 0 Å². The van der Waals surface area contributed by atoms with Gasteiger partial charge in [-0.2, -0.15) is 0 Å². The van der Waals surface area contributed by atoms with Gasteiger partial charge in [0.1, 0.15) is 9.86 Å². The number of anilines is 1. The molecule has 0 aromatic carbocycles. The smallest absolute Gasteiger partial charge is 0.222 e. The van der Waals surface area contributed by atoms with Crippen molar-refractivity contribution in [3.05, 3.63) is 11.4 Å². The molecule has 74 valence electrons. The number of rotatable bonds is 2. The largest absolute Gasteiger partial charge is 0.368 e. The normalized spacial score (nSPS) is 11.4. The SMILES string of the molecule is CC(C)Sc1nc(N)nc2sccc12. The second kappa shape index (κ2) is 3.74. The number of hydrogen-bond donors (Lipinski definition) is 1. The van der Waals surface area contributed by atoms with E-state index in [9.17, 15) is 0 Å². The van der Waals surface area contributed by atoms with E-state index < -0.39 is 0 Å². The molecule has 0 atom stereocenters. The molecule has 5 heteroatoms. The van der Waals surface area contributed by atoms with Crippen LogP contribution in [-0.2, 0) is 0 Å². The minimum atomic E-state index is 0.364. The Labute approximate surface area is 90.8 Å². The van der Waals surface area contributed by atoms with E-state index in [0.29, 0.717) is 11.2 Å². The monoisotopic (exact) mass is 225 g/mol. The molecule has 0 fully saturated rings. The van der Waals surface area contributed by atoms with Crippen molar-refractivity contribution in [1.82, 2.24) is 9.97 Å². The van der Waals surface area contributed by atoms with E-state index in [4.69, 9.17) is 5.73 Å². The average molecular weight is 225 g/mol. The fraction of sp³-hybridized carbons (Fsp3) is 0.333. The van der Waals surface area contributed by atoms with Crippen LogP contribution in [-0.4, -0.2) is 15.2 Å². The van der Waals surface area contributed by atoms with Crippen molar-refractivity contribution in [3.8, 4) is 0 Å². The first-order chi connectivity index (χ1) is 6.66. The number of hydrogen-bond acceptors (Lipinski definition) is 5. The van der Waals surface area contributed by atoms with Gasteiger partial charge in [-0.25, -0.2) is 9.97 Å². The molecule has 14 heavy (non-hydrogen) atoms. The summed E-state index contributed by atoms with van der Waals surface area (Å²) in [6.07, 6.45) is 0. The highest BCUT2D eigenvalue weighted by Crippen LogP contribution is 2.31. The van der Waals surface area contributed by atoms with Gasteiger partial charge in [0.25, 0.3) is 0 Å². The van der Waals surface area contributed by atoms with E-state index >= 15 is 0 Å². The minimum absolute atomic E-state index is 0.364. The van der Waals surface area contributed by atoms with Crippen molar-refractivity contribution >= 4 is 39.3 Å². The molecule has 0 amide bonds. The van der Waals surface area contributed by atoms with Crippen molar-refractivity contribution in [2.45, 2.75) is 24.1 Å². The molecule has 0 aliphatic carbocycles. The predicted molar refractivity (Wildman–Crippen MR) is 62.8 cm³/mol. The molecule has 0 spiro atoms. The highest BCUT2D eigenvalue weighted by atomic mass is 32.2. The van der Waals surface area contributed by atoms with Crippen LogP contribution < -0.4 is 5.73 Å². The molecule has 2 heterocycles. The Kier molecular flexibility index (Phi) is 2.60. The van der Waals surface area contributed by atoms with Gasteiger partial charge < -0.3 is 5.73 Å².